The van der Waals surface area contributed by atoms with Gasteiger partial charge < -0.3 is 9.47 Å². The summed E-state index contributed by atoms with van der Waals surface area (Å²) >= 11 is 0. The lowest BCUT2D eigenvalue weighted by atomic mass is 10.1. The van der Waals surface area contributed by atoms with E-state index in [9.17, 15) is 4.39 Å². The number of hydrogen-bond acceptors (Lipinski definition) is 2. The fourth-order valence-electron chi connectivity index (χ4n) is 0.619. The summed E-state index contributed by atoms with van der Waals surface area (Å²) in [7, 11) is 0. The van der Waals surface area contributed by atoms with E-state index in [1.807, 2.05) is 0 Å². The minimum Gasteiger partial charge on any atom is -0.350 e. The highest BCUT2D eigenvalue weighted by molar-refractivity contribution is 4.70. The van der Waals surface area contributed by atoms with Crippen molar-refractivity contribution in [3.8, 4) is 0 Å². The van der Waals surface area contributed by atoms with Gasteiger partial charge in [-0.25, -0.2) is 4.39 Å². The Bertz CT molecular complexity index is 80.5. The van der Waals surface area contributed by atoms with E-state index in [4.69, 9.17) is 4.74 Å². The van der Waals surface area contributed by atoms with Crippen molar-refractivity contribution in [2.24, 2.45) is 0 Å². The van der Waals surface area contributed by atoms with Crippen molar-refractivity contribution < 1.29 is 13.9 Å². The van der Waals surface area contributed by atoms with Gasteiger partial charge in [-0.3, -0.25) is 0 Å². The van der Waals surface area contributed by atoms with Gasteiger partial charge in [0.05, 0.1) is 6.61 Å². The van der Waals surface area contributed by atoms with Crippen molar-refractivity contribution in [2.75, 3.05) is 13.5 Å². The number of halogens is 1. The molecule has 1 heterocycles. The van der Waals surface area contributed by atoms with Gasteiger partial charge in [0.15, 0.2) is 12.6 Å². The first-order valence-electron chi connectivity index (χ1n) is 2.61. The summed E-state index contributed by atoms with van der Waals surface area (Å²) in [6.07, 6.45) is 0.802. The summed E-state index contributed by atoms with van der Waals surface area (Å²) in [4.78, 5) is 0. The maximum absolute atomic E-state index is 11.4. The van der Waals surface area contributed by atoms with Gasteiger partial charge in [0, 0.05) is 6.42 Å². The largest absolute Gasteiger partial charge is 0.350 e. The average molecular weight is 120 g/mol. The van der Waals surface area contributed by atoms with E-state index in [2.05, 4.69) is 4.74 Å². The van der Waals surface area contributed by atoms with Crippen molar-refractivity contribution in [1.29, 1.82) is 0 Å². The summed E-state index contributed by atoms with van der Waals surface area (Å²) < 4.78 is 20.9. The number of alkyl halides is 1. The Morgan fingerprint density at radius 3 is 2.62 bits per heavy atom. The average Bonchev–Trinajstić information content (AvgIpc) is 1.64. The van der Waals surface area contributed by atoms with E-state index >= 15 is 0 Å². The molecule has 1 aliphatic heterocycles. The molecule has 0 amide bonds. The van der Waals surface area contributed by atoms with E-state index in [1.165, 1.54) is 0 Å². The van der Waals surface area contributed by atoms with Crippen molar-refractivity contribution in [1.82, 2.24) is 0 Å². The number of rotatable bonds is 2. The highest BCUT2D eigenvalue weighted by Gasteiger charge is 2.33. The predicted molar refractivity (Wildman–Crippen MR) is 26.0 cm³/mol. The molecule has 0 aromatic rings. The first-order valence-corrected chi connectivity index (χ1v) is 2.61. The molecule has 48 valence electrons. The van der Waals surface area contributed by atoms with E-state index in [0.29, 0.717) is 6.61 Å². The van der Waals surface area contributed by atoms with Gasteiger partial charge in [0.1, 0.15) is 0 Å². The van der Waals surface area contributed by atoms with Crippen LogP contribution in [-0.2, 0) is 9.47 Å². The van der Waals surface area contributed by atoms with Gasteiger partial charge >= 0.3 is 0 Å². The molecule has 0 radical (unpaired) electrons. The van der Waals surface area contributed by atoms with Crippen LogP contribution in [0.25, 0.3) is 0 Å². The van der Waals surface area contributed by atoms with Gasteiger partial charge in [0.2, 0.25) is 0 Å². The second kappa shape index (κ2) is 1.99. The van der Waals surface area contributed by atoms with Gasteiger partial charge in [-0.2, -0.15) is 0 Å². The lowest BCUT2D eigenvalue weighted by Crippen LogP contribution is -2.42. The third-order valence-electron chi connectivity index (χ3n) is 1.32. The molecule has 1 aliphatic rings. The van der Waals surface area contributed by atoms with Crippen LogP contribution in [0, 0.1) is 0 Å². The number of ether oxygens (including phenoxy) is 2. The Labute approximate surface area is 47.6 Å². The van der Waals surface area contributed by atoms with E-state index in [-0.39, 0.29) is 0 Å². The summed E-state index contributed by atoms with van der Waals surface area (Å²) in [6, 6.07) is 0. The molecule has 1 saturated heterocycles. The zero-order valence-corrected chi connectivity index (χ0v) is 4.82. The van der Waals surface area contributed by atoms with Crippen molar-refractivity contribution in [3.63, 3.8) is 0 Å². The van der Waals surface area contributed by atoms with Crippen LogP contribution in [0.1, 0.15) is 13.3 Å². The summed E-state index contributed by atoms with van der Waals surface area (Å²) in [5.41, 5.74) is 0. The first kappa shape index (κ1) is 5.98. The van der Waals surface area contributed by atoms with Crippen LogP contribution in [0.5, 0.6) is 0 Å². The zero-order chi connectivity index (χ0) is 6.04. The van der Waals surface area contributed by atoms with Crippen LogP contribution in [-0.4, -0.2) is 19.3 Å². The quantitative estimate of drug-likeness (QED) is 0.542. The molecule has 8 heavy (non-hydrogen) atoms. The van der Waals surface area contributed by atoms with E-state index in [1.54, 1.807) is 6.92 Å². The van der Waals surface area contributed by atoms with Gasteiger partial charge in [-0.1, -0.05) is 0 Å². The lowest BCUT2D eigenvalue weighted by molar-refractivity contribution is -0.307. The molecule has 0 saturated carbocycles. The fourth-order valence-corrected chi connectivity index (χ4v) is 0.619. The third kappa shape index (κ3) is 0.980. The highest BCUT2D eigenvalue weighted by Crippen LogP contribution is 2.26. The molecule has 0 aromatic heterocycles. The van der Waals surface area contributed by atoms with Crippen molar-refractivity contribution in [3.05, 3.63) is 0 Å². The molecular weight excluding hydrogens is 111 g/mol. The van der Waals surface area contributed by atoms with Gasteiger partial charge in [-0.05, 0) is 6.92 Å². The van der Waals surface area contributed by atoms with Crippen LogP contribution in [0.2, 0.25) is 0 Å². The Balaban J connectivity index is 2.20. The molecule has 2 nitrogen and oxygen atoms in total. The Hall–Kier alpha value is -0.150. The molecule has 1 fully saturated rings. The molecule has 1 unspecified atom stereocenters. The summed E-state index contributed by atoms with van der Waals surface area (Å²) in [6.45, 7) is 1.67. The fraction of sp³-hybridized carbons (Fsp3) is 1.00. The third-order valence-corrected chi connectivity index (χ3v) is 1.32. The Morgan fingerprint density at radius 1 is 1.88 bits per heavy atom. The second-order valence-corrected chi connectivity index (χ2v) is 1.99. The molecule has 0 spiro atoms. The van der Waals surface area contributed by atoms with Crippen molar-refractivity contribution in [2.45, 2.75) is 19.1 Å². The molecule has 0 bridgehead atoms. The monoisotopic (exact) mass is 120 g/mol. The predicted octanol–water partition coefficient (Wildman–Crippen LogP) is 1.07. The summed E-state index contributed by atoms with van der Waals surface area (Å²) in [5.74, 6) is -0.602. The molecule has 0 aliphatic carbocycles. The maximum Gasteiger partial charge on any atom is 0.191 e. The van der Waals surface area contributed by atoms with Gasteiger partial charge in [-0.15, -0.1) is 0 Å². The maximum atomic E-state index is 11.4. The Kier molecular flexibility index (Phi) is 1.49. The van der Waals surface area contributed by atoms with E-state index in [0.717, 1.165) is 6.42 Å². The molecule has 3 heteroatoms. The molecule has 1 atom stereocenters. The minimum atomic E-state index is -0.753. The zero-order valence-electron chi connectivity index (χ0n) is 4.82. The van der Waals surface area contributed by atoms with Crippen molar-refractivity contribution >= 4 is 0 Å². The molecular formula is C5H9FO2. The summed E-state index contributed by atoms with van der Waals surface area (Å²) in [5, 5.41) is 0. The van der Waals surface area contributed by atoms with Crippen LogP contribution < -0.4 is 0 Å². The first-order chi connectivity index (χ1) is 3.77. The van der Waals surface area contributed by atoms with Gasteiger partial charge in [0.25, 0.3) is 0 Å². The molecule has 1 rings (SSSR count). The smallest absolute Gasteiger partial charge is 0.191 e. The van der Waals surface area contributed by atoms with E-state index < -0.39 is 12.6 Å². The van der Waals surface area contributed by atoms with Crippen LogP contribution in [0.15, 0.2) is 0 Å². The van der Waals surface area contributed by atoms with Crippen LogP contribution in [0.4, 0.5) is 4.39 Å². The topological polar surface area (TPSA) is 18.5 Å². The standard InChI is InChI=1S/C5H9FO2/c1-5(8-4-6)2-3-7-5/h2-4H2,1H3. The number of hydrogen-bond donors (Lipinski definition) is 0. The minimum absolute atomic E-state index is 0.602. The second-order valence-electron chi connectivity index (χ2n) is 1.99. The van der Waals surface area contributed by atoms with Crippen LogP contribution >= 0.6 is 0 Å². The molecule has 0 N–H and O–H groups in total. The Morgan fingerprint density at radius 2 is 2.50 bits per heavy atom. The highest BCUT2D eigenvalue weighted by atomic mass is 19.1. The lowest BCUT2D eigenvalue weighted by Gasteiger charge is -2.36. The van der Waals surface area contributed by atoms with Crippen LogP contribution in [0.3, 0.4) is 0 Å². The normalized spacial score (nSPS) is 36.8. The SMILES string of the molecule is CC1(OCF)CCO1. The molecule has 0 aromatic carbocycles.